The number of ether oxygens (including phenoxy) is 1. The van der Waals surface area contributed by atoms with Crippen LogP contribution in [0.1, 0.15) is 70.2 Å². The van der Waals surface area contributed by atoms with Crippen molar-refractivity contribution < 1.29 is 14.5 Å². The number of hydrogen-bond donors (Lipinski definition) is 1. The molecule has 0 heterocycles. The Hall–Kier alpha value is -2.11. The zero-order valence-electron chi connectivity index (χ0n) is 15.4. The van der Waals surface area contributed by atoms with Gasteiger partial charge in [0.25, 0.3) is 5.69 Å². The van der Waals surface area contributed by atoms with E-state index < -0.39 is 10.9 Å². The molecule has 0 spiro atoms. The molecule has 1 N–H and O–H groups in total. The molecule has 0 saturated heterocycles. The van der Waals surface area contributed by atoms with Gasteiger partial charge in [-0.25, -0.2) is 4.79 Å². The maximum Gasteiger partial charge on any atom is 0.338 e. The van der Waals surface area contributed by atoms with E-state index >= 15 is 0 Å². The molecular weight excluding hydrogens is 308 g/mol. The number of hydrogen-bond acceptors (Lipinski definition) is 5. The topological polar surface area (TPSA) is 81.5 Å². The summed E-state index contributed by atoms with van der Waals surface area (Å²) in [5.41, 5.74) is 0.520. The highest BCUT2D eigenvalue weighted by atomic mass is 16.6. The number of methoxy groups -OCH3 is 1. The lowest BCUT2D eigenvalue weighted by atomic mass is 10.1. The zero-order chi connectivity index (χ0) is 18.5. The molecule has 0 bridgehead atoms. The Labute approximate surface area is 144 Å². The van der Waals surface area contributed by atoms with Gasteiger partial charge in [-0.15, -0.1) is 0 Å². The number of esters is 1. The Morgan fingerprint density at radius 2 is 1.75 bits per heavy atom. The van der Waals surface area contributed by atoms with Crippen molar-refractivity contribution >= 4 is 17.3 Å². The Morgan fingerprint density at radius 1 is 1.21 bits per heavy atom. The first-order chi connectivity index (χ1) is 11.4. The summed E-state index contributed by atoms with van der Waals surface area (Å²) in [5, 5.41) is 14.4. The van der Waals surface area contributed by atoms with Crippen LogP contribution in [0.25, 0.3) is 0 Å². The van der Waals surface area contributed by atoms with Crippen LogP contribution < -0.4 is 5.32 Å². The maximum absolute atomic E-state index is 11.5. The molecule has 0 fully saturated rings. The van der Waals surface area contributed by atoms with Gasteiger partial charge in [0.15, 0.2) is 0 Å². The highest BCUT2D eigenvalue weighted by Gasteiger charge is 2.19. The molecule has 0 aromatic heterocycles. The van der Waals surface area contributed by atoms with Crippen LogP contribution in [-0.4, -0.2) is 24.0 Å². The second-order valence-corrected chi connectivity index (χ2v) is 5.61. The summed E-state index contributed by atoms with van der Waals surface area (Å²) < 4.78 is 4.59. The van der Waals surface area contributed by atoms with E-state index in [1.54, 1.807) is 6.07 Å². The smallest absolute Gasteiger partial charge is 0.338 e. The van der Waals surface area contributed by atoms with Crippen molar-refractivity contribution in [1.82, 2.24) is 0 Å². The number of nitro groups is 1. The van der Waals surface area contributed by atoms with Gasteiger partial charge in [-0.2, -0.15) is 0 Å². The fourth-order valence-corrected chi connectivity index (χ4v) is 2.26. The van der Waals surface area contributed by atoms with E-state index in [0.717, 1.165) is 25.7 Å². The Bertz CT molecular complexity index is 512. The molecule has 1 aromatic carbocycles. The summed E-state index contributed by atoms with van der Waals surface area (Å²) in [5.74, 6) is -0.580. The maximum atomic E-state index is 11.5. The first kappa shape index (κ1) is 21.9. The van der Waals surface area contributed by atoms with Crippen molar-refractivity contribution in [1.29, 1.82) is 0 Å². The minimum absolute atomic E-state index is 0.102. The standard InChI is InChI=1S/C15H22N2O4.C3H8/c1-4-6-12(7-5-2)16-13-9-8-11(15(18)21-3)10-14(13)17(19)20;1-3-2/h8-10,12,16H,4-7H2,1-3H3;3H2,1-2H3. The van der Waals surface area contributed by atoms with Crippen LogP contribution in [0.5, 0.6) is 0 Å². The van der Waals surface area contributed by atoms with E-state index in [1.165, 1.54) is 25.7 Å². The summed E-state index contributed by atoms with van der Waals surface area (Å²) in [6.45, 7) is 8.41. The van der Waals surface area contributed by atoms with Gasteiger partial charge >= 0.3 is 5.97 Å². The van der Waals surface area contributed by atoms with Crippen molar-refractivity contribution in [2.45, 2.75) is 65.8 Å². The Morgan fingerprint density at radius 3 is 2.17 bits per heavy atom. The first-order valence-electron chi connectivity index (χ1n) is 8.58. The molecule has 1 aromatic rings. The third kappa shape index (κ3) is 7.44. The highest BCUT2D eigenvalue weighted by molar-refractivity contribution is 5.91. The second-order valence-electron chi connectivity index (χ2n) is 5.61. The van der Waals surface area contributed by atoms with Crippen LogP contribution in [0.2, 0.25) is 0 Å². The number of nitrogens with zero attached hydrogens (tertiary/aromatic N) is 1. The van der Waals surface area contributed by atoms with E-state index in [1.807, 2.05) is 0 Å². The van der Waals surface area contributed by atoms with Gasteiger partial charge in [-0.1, -0.05) is 47.0 Å². The lowest BCUT2D eigenvalue weighted by Crippen LogP contribution is -2.19. The van der Waals surface area contributed by atoms with Crippen molar-refractivity contribution in [2.75, 3.05) is 12.4 Å². The van der Waals surface area contributed by atoms with E-state index in [2.05, 4.69) is 37.7 Å². The fourth-order valence-electron chi connectivity index (χ4n) is 2.26. The molecule has 24 heavy (non-hydrogen) atoms. The van der Waals surface area contributed by atoms with Crippen LogP contribution >= 0.6 is 0 Å². The van der Waals surface area contributed by atoms with Crippen LogP contribution in [0.3, 0.4) is 0 Å². The molecule has 0 radical (unpaired) electrons. The van der Waals surface area contributed by atoms with Crippen molar-refractivity contribution in [2.24, 2.45) is 0 Å². The summed E-state index contributed by atoms with van der Waals surface area (Å²) >= 11 is 0. The summed E-state index contributed by atoms with van der Waals surface area (Å²) in [7, 11) is 1.25. The van der Waals surface area contributed by atoms with E-state index in [4.69, 9.17) is 0 Å². The van der Waals surface area contributed by atoms with E-state index in [9.17, 15) is 14.9 Å². The lowest BCUT2D eigenvalue weighted by molar-refractivity contribution is -0.384. The van der Waals surface area contributed by atoms with E-state index in [0.29, 0.717) is 5.69 Å². The van der Waals surface area contributed by atoms with Crippen LogP contribution in [0.4, 0.5) is 11.4 Å². The summed E-state index contributed by atoms with van der Waals surface area (Å²) in [6, 6.07) is 4.56. The SMILES string of the molecule is CCC.CCCC(CCC)Nc1ccc(C(=O)OC)cc1[N+](=O)[O-]. The van der Waals surface area contributed by atoms with Crippen molar-refractivity contribution in [3.63, 3.8) is 0 Å². The molecule has 0 unspecified atom stereocenters. The predicted octanol–water partition coefficient (Wildman–Crippen LogP) is 5.18. The minimum Gasteiger partial charge on any atom is -0.465 e. The second kappa shape index (κ2) is 12.3. The van der Waals surface area contributed by atoms with Gasteiger partial charge in [0.2, 0.25) is 0 Å². The van der Waals surface area contributed by atoms with Crippen molar-refractivity contribution in [3.05, 3.63) is 33.9 Å². The van der Waals surface area contributed by atoms with Gasteiger partial charge in [0.1, 0.15) is 5.69 Å². The third-order valence-electron chi connectivity index (χ3n) is 3.25. The first-order valence-corrected chi connectivity index (χ1v) is 8.58. The number of nitro benzene ring substituents is 1. The fraction of sp³-hybridized carbons (Fsp3) is 0.611. The molecule has 6 heteroatoms. The molecule has 1 rings (SSSR count). The van der Waals surface area contributed by atoms with Gasteiger partial charge in [-0.05, 0) is 25.0 Å². The van der Waals surface area contributed by atoms with Gasteiger partial charge in [0, 0.05) is 12.1 Å². The Balaban J connectivity index is 0.00000163. The number of benzene rings is 1. The van der Waals surface area contributed by atoms with Crippen LogP contribution in [0.15, 0.2) is 18.2 Å². The summed E-state index contributed by atoms with van der Waals surface area (Å²) in [4.78, 5) is 22.2. The molecule has 0 aliphatic rings. The quantitative estimate of drug-likeness (QED) is 0.401. The minimum atomic E-state index is -0.580. The number of nitrogens with one attached hydrogen (secondary N) is 1. The molecule has 0 atom stereocenters. The van der Waals surface area contributed by atoms with Gasteiger partial charge in [-0.3, -0.25) is 10.1 Å². The van der Waals surface area contributed by atoms with Gasteiger partial charge < -0.3 is 10.1 Å². The highest BCUT2D eigenvalue weighted by Crippen LogP contribution is 2.27. The van der Waals surface area contributed by atoms with Crippen molar-refractivity contribution in [3.8, 4) is 0 Å². The third-order valence-corrected chi connectivity index (χ3v) is 3.25. The average molecular weight is 338 g/mol. The predicted molar refractivity (Wildman–Crippen MR) is 97.6 cm³/mol. The van der Waals surface area contributed by atoms with Crippen LogP contribution in [-0.2, 0) is 4.74 Å². The number of rotatable bonds is 8. The number of carbonyl (C=O) groups is 1. The zero-order valence-corrected chi connectivity index (χ0v) is 15.4. The summed E-state index contributed by atoms with van der Waals surface area (Å²) in [6.07, 6.45) is 5.16. The normalized spacial score (nSPS) is 9.92. The molecule has 6 nitrogen and oxygen atoms in total. The lowest BCUT2D eigenvalue weighted by Gasteiger charge is -2.18. The largest absolute Gasteiger partial charge is 0.465 e. The Kier molecular flexibility index (Phi) is 11.2. The molecular formula is C18H30N2O4. The molecule has 136 valence electrons. The van der Waals surface area contributed by atoms with Crippen LogP contribution in [0, 0.1) is 10.1 Å². The molecule has 0 aliphatic carbocycles. The molecule has 0 aliphatic heterocycles. The molecule has 0 saturated carbocycles. The molecule has 0 amide bonds. The monoisotopic (exact) mass is 338 g/mol. The van der Waals surface area contributed by atoms with E-state index in [-0.39, 0.29) is 17.3 Å². The number of carbonyl (C=O) groups excluding carboxylic acids is 1. The number of anilines is 1. The average Bonchev–Trinajstić information content (AvgIpc) is 2.55. The van der Waals surface area contributed by atoms with Gasteiger partial charge in [0.05, 0.1) is 17.6 Å².